The fourth-order valence-electron chi connectivity index (χ4n) is 3.47. The molecule has 0 amide bonds. The monoisotopic (exact) mass is 182 g/mol. The van der Waals surface area contributed by atoms with E-state index >= 15 is 0 Å². The van der Waals surface area contributed by atoms with E-state index in [-0.39, 0.29) is 0 Å². The summed E-state index contributed by atoms with van der Waals surface area (Å²) in [4.78, 5) is 0. The largest absolute Gasteiger partial charge is 0.271 e. The topological polar surface area (TPSA) is 38.0 Å². The predicted molar refractivity (Wildman–Crippen MR) is 55.0 cm³/mol. The highest BCUT2D eigenvalue weighted by atomic mass is 15.2. The van der Waals surface area contributed by atoms with E-state index < -0.39 is 0 Å². The first-order valence-electron chi connectivity index (χ1n) is 5.81. The standard InChI is InChI=1S/C11H22N2/c1-2-11(13-12)10-7-8-3-5-9(10)6-4-8/h8-11,13H,2-7,12H2,1H3. The molecule has 3 rings (SSSR count). The minimum Gasteiger partial charge on any atom is -0.271 e. The second-order valence-electron chi connectivity index (χ2n) is 4.86. The lowest BCUT2D eigenvalue weighted by Gasteiger charge is -2.45. The van der Waals surface area contributed by atoms with Gasteiger partial charge < -0.3 is 0 Å². The Labute approximate surface area is 81.2 Å². The molecule has 3 N–H and O–H groups in total. The van der Waals surface area contributed by atoms with Crippen molar-refractivity contribution >= 4 is 0 Å². The Morgan fingerprint density at radius 2 is 2.00 bits per heavy atom. The van der Waals surface area contributed by atoms with Crippen LogP contribution in [-0.2, 0) is 0 Å². The van der Waals surface area contributed by atoms with Crippen molar-refractivity contribution in [1.29, 1.82) is 0 Å². The molecule has 13 heavy (non-hydrogen) atoms. The number of rotatable bonds is 3. The maximum absolute atomic E-state index is 5.60. The van der Waals surface area contributed by atoms with Gasteiger partial charge in [0.2, 0.25) is 0 Å². The molecule has 2 atom stereocenters. The third-order valence-electron chi connectivity index (χ3n) is 4.27. The molecular weight excluding hydrogens is 160 g/mol. The summed E-state index contributed by atoms with van der Waals surface area (Å²) in [6, 6.07) is 0.577. The molecule has 76 valence electrons. The maximum atomic E-state index is 5.60. The summed E-state index contributed by atoms with van der Waals surface area (Å²) in [5.74, 6) is 8.48. The molecular formula is C11H22N2. The fourth-order valence-corrected chi connectivity index (χ4v) is 3.47. The van der Waals surface area contributed by atoms with Gasteiger partial charge in [-0.3, -0.25) is 11.3 Å². The van der Waals surface area contributed by atoms with Crippen molar-refractivity contribution in [2.45, 2.75) is 51.5 Å². The first-order chi connectivity index (χ1) is 6.35. The van der Waals surface area contributed by atoms with Crippen molar-refractivity contribution in [3.63, 3.8) is 0 Å². The van der Waals surface area contributed by atoms with Gasteiger partial charge in [-0.05, 0) is 43.4 Å². The Morgan fingerprint density at radius 1 is 1.31 bits per heavy atom. The molecule has 0 saturated heterocycles. The van der Waals surface area contributed by atoms with Gasteiger partial charge in [0.1, 0.15) is 0 Å². The normalized spacial score (nSPS) is 40.6. The van der Waals surface area contributed by atoms with Gasteiger partial charge in [0, 0.05) is 6.04 Å². The van der Waals surface area contributed by atoms with Crippen molar-refractivity contribution < 1.29 is 0 Å². The highest BCUT2D eigenvalue weighted by Gasteiger charge is 2.38. The second-order valence-corrected chi connectivity index (χ2v) is 4.86. The molecule has 0 aromatic carbocycles. The van der Waals surface area contributed by atoms with Crippen LogP contribution in [0.3, 0.4) is 0 Å². The molecule has 0 radical (unpaired) electrons. The predicted octanol–water partition coefficient (Wildman–Crippen LogP) is 2.05. The third-order valence-corrected chi connectivity index (χ3v) is 4.27. The fraction of sp³-hybridized carbons (Fsp3) is 1.00. The zero-order chi connectivity index (χ0) is 9.26. The maximum Gasteiger partial charge on any atom is 0.0238 e. The summed E-state index contributed by atoms with van der Waals surface area (Å²) >= 11 is 0. The van der Waals surface area contributed by atoms with Crippen LogP contribution in [0.2, 0.25) is 0 Å². The van der Waals surface area contributed by atoms with E-state index in [1.807, 2.05) is 0 Å². The first-order valence-corrected chi connectivity index (χ1v) is 5.81. The van der Waals surface area contributed by atoms with Crippen LogP contribution in [0.1, 0.15) is 45.4 Å². The Morgan fingerprint density at radius 3 is 2.38 bits per heavy atom. The molecule has 2 heteroatoms. The van der Waals surface area contributed by atoms with Crippen molar-refractivity contribution in [1.82, 2.24) is 5.43 Å². The molecule has 2 unspecified atom stereocenters. The number of hydrogen-bond donors (Lipinski definition) is 2. The number of fused-ring (bicyclic) bond motifs is 3. The summed E-state index contributed by atoms with van der Waals surface area (Å²) < 4.78 is 0. The number of nitrogens with one attached hydrogen (secondary N) is 1. The van der Waals surface area contributed by atoms with Gasteiger partial charge in [0.15, 0.2) is 0 Å². The molecule has 0 aromatic heterocycles. The lowest BCUT2D eigenvalue weighted by molar-refractivity contribution is 0.0695. The molecule has 3 saturated carbocycles. The minimum absolute atomic E-state index is 0.577. The zero-order valence-corrected chi connectivity index (χ0v) is 8.63. The molecule has 0 spiro atoms. The van der Waals surface area contributed by atoms with Gasteiger partial charge in [0.25, 0.3) is 0 Å². The van der Waals surface area contributed by atoms with Crippen LogP contribution in [0.4, 0.5) is 0 Å². The van der Waals surface area contributed by atoms with E-state index in [2.05, 4.69) is 12.3 Å². The lowest BCUT2D eigenvalue weighted by atomic mass is 9.62. The van der Waals surface area contributed by atoms with Crippen LogP contribution < -0.4 is 11.3 Å². The van der Waals surface area contributed by atoms with Crippen LogP contribution in [0.25, 0.3) is 0 Å². The number of hydrazine groups is 1. The molecule has 2 bridgehead atoms. The average Bonchev–Trinajstić information content (AvgIpc) is 2.22. The molecule has 3 fully saturated rings. The van der Waals surface area contributed by atoms with Gasteiger partial charge in [-0.15, -0.1) is 0 Å². The van der Waals surface area contributed by atoms with Crippen LogP contribution in [-0.4, -0.2) is 6.04 Å². The molecule has 3 aliphatic rings. The van der Waals surface area contributed by atoms with Crippen molar-refractivity contribution in [2.24, 2.45) is 23.6 Å². The third kappa shape index (κ3) is 1.75. The Balaban J connectivity index is 1.99. The quantitative estimate of drug-likeness (QED) is 0.518. The Hall–Kier alpha value is -0.0800. The van der Waals surface area contributed by atoms with E-state index in [0.29, 0.717) is 6.04 Å². The summed E-state index contributed by atoms with van der Waals surface area (Å²) in [5, 5.41) is 0. The molecule has 0 heterocycles. The summed E-state index contributed by atoms with van der Waals surface area (Å²) in [7, 11) is 0. The number of nitrogens with two attached hydrogens (primary N) is 1. The molecule has 3 aliphatic carbocycles. The van der Waals surface area contributed by atoms with Crippen molar-refractivity contribution in [3.05, 3.63) is 0 Å². The van der Waals surface area contributed by atoms with Crippen molar-refractivity contribution in [2.75, 3.05) is 0 Å². The molecule has 2 nitrogen and oxygen atoms in total. The highest BCUT2D eigenvalue weighted by molar-refractivity contribution is 4.91. The highest BCUT2D eigenvalue weighted by Crippen LogP contribution is 2.46. The minimum atomic E-state index is 0.577. The van der Waals surface area contributed by atoms with E-state index in [0.717, 1.165) is 17.8 Å². The lowest BCUT2D eigenvalue weighted by Crippen LogP contribution is -2.47. The first kappa shape index (κ1) is 9.47. The van der Waals surface area contributed by atoms with E-state index in [9.17, 15) is 0 Å². The smallest absolute Gasteiger partial charge is 0.0238 e. The van der Waals surface area contributed by atoms with E-state index in [1.165, 1.54) is 38.5 Å². The van der Waals surface area contributed by atoms with Gasteiger partial charge in [0.05, 0.1) is 0 Å². The molecule has 0 aromatic rings. The van der Waals surface area contributed by atoms with E-state index in [4.69, 9.17) is 5.84 Å². The van der Waals surface area contributed by atoms with Gasteiger partial charge in [-0.2, -0.15) is 0 Å². The van der Waals surface area contributed by atoms with Crippen LogP contribution in [0.5, 0.6) is 0 Å². The summed E-state index contributed by atoms with van der Waals surface area (Å²) in [5.41, 5.74) is 3.01. The van der Waals surface area contributed by atoms with Gasteiger partial charge >= 0.3 is 0 Å². The summed E-state index contributed by atoms with van der Waals surface area (Å²) in [6.45, 7) is 2.24. The van der Waals surface area contributed by atoms with Crippen molar-refractivity contribution in [3.8, 4) is 0 Å². The Kier molecular flexibility index (Phi) is 2.89. The molecule has 0 aliphatic heterocycles. The average molecular weight is 182 g/mol. The van der Waals surface area contributed by atoms with E-state index in [1.54, 1.807) is 0 Å². The van der Waals surface area contributed by atoms with Crippen LogP contribution in [0.15, 0.2) is 0 Å². The van der Waals surface area contributed by atoms with Gasteiger partial charge in [-0.1, -0.05) is 19.8 Å². The Bertz CT molecular complexity index is 155. The van der Waals surface area contributed by atoms with Gasteiger partial charge in [-0.25, -0.2) is 0 Å². The number of hydrogen-bond acceptors (Lipinski definition) is 2. The van der Waals surface area contributed by atoms with Crippen LogP contribution in [0, 0.1) is 17.8 Å². The zero-order valence-electron chi connectivity index (χ0n) is 8.63. The van der Waals surface area contributed by atoms with Crippen LogP contribution >= 0.6 is 0 Å². The summed E-state index contributed by atoms with van der Waals surface area (Å²) in [6.07, 6.45) is 8.53. The SMILES string of the molecule is CCC(NN)C1CC2CCC1CC2. The second kappa shape index (κ2) is 3.97.